The van der Waals surface area contributed by atoms with Crippen molar-refractivity contribution < 1.29 is 10.2 Å². The Morgan fingerprint density at radius 3 is 2.65 bits per heavy atom. The van der Waals surface area contributed by atoms with Crippen LogP contribution in [0.1, 0.15) is 0 Å². The van der Waals surface area contributed by atoms with Crippen LogP contribution in [0.2, 0.25) is 0 Å². The lowest BCUT2D eigenvalue weighted by Gasteiger charge is -2.22. The topological polar surface area (TPSA) is 87.0 Å². The number of aliphatic hydroxyl groups excluding tert-OH is 2. The van der Waals surface area contributed by atoms with Crippen molar-refractivity contribution in [3.8, 4) is 0 Å². The fraction of sp³-hybridized carbons (Fsp3) is 0.364. The summed E-state index contributed by atoms with van der Waals surface area (Å²) in [5.41, 5.74) is 8.14. The Kier molecular flexibility index (Phi) is 3.46. The molecule has 6 heteroatoms. The molecule has 0 aliphatic carbocycles. The van der Waals surface area contributed by atoms with Crippen molar-refractivity contribution in [1.29, 1.82) is 0 Å². The average molecular weight is 236 g/mol. The normalized spacial score (nSPS) is 10.9. The van der Waals surface area contributed by atoms with Crippen LogP contribution in [0, 0.1) is 0 Å². The van der Waals surface area contributed by atoms with Crippen molar-refractivity contribution in [2.24, 2.45) is 0 Å². The third kappa shape index (κ3) is 2.32. The molecule has 0 atom stereocenters. The number of hydrogen-bond acceptors (Lipinski definition) is 5. The molecule has 17 heavy (non-hydrogen) atoms. The van der Waals surface area contributed by atoms with Crippen molar-refractivity contribution >= 4 is 16.9 Å². The highest BCUT2D eigenvalue weighted by Crippen LogP contribution is 2.20. The summed E-state index contributed by atoms with van der Waals surface area (Å²) >= 11 is 0. The van der Waals surface area contributed by atoms with Crippen molar-refractivity contribution in [3.63, 3.8) is 0 Å². The molecule has 0 radical (unpaired) electrons. The molecule has 0 saturated heterocycles. The minimum absolute atomic E-state index is 0.0416. The molecule has 92 valence electrons. The largest absolute Gasteiger partial charge is 0.396 e. The van der Waals surface area contributed by atoms with E-state index in [0.29, 0.717) is 18.8 Å². The molecule has 0 amide bonds. The monoisotopic (exact) mass is 236 g/mol. The van der Waals surface area contributed by atoms with Gasteiger partial charge in [0.25, 0.3) is 0 Å². The second kappa shape index (κ2) is 5.03. The second-order valence-corrected chi connectivity index (χ2v) is 3.75. The van der Waals surface area contributed by atoms with Gasteiger partial charge in [0.1, 0.15) is 0 Å². The fourth-order valence-electron chi connectivity index (χ4n) is 1.80. The third-order valence-electron chi connectivity index (χ3n) is 2.64. The van der Waals surface area contributed by atoms with Crippen LogP contribution in [0.4, 0.5) is 11.4 Å². The summed E-state index contributed by atoms with van der Waals surface area (Å²) in [6.07, 6.45) is 3.41. The van der Waals surface area contributed by atoms with E-state index < -0.39 is 0 Å². The van der Waals surface area contributed by atoms with E-state index in [0.717, 1.165) is 11.2 Å². The molecule has 0 spiro atoms. The lowest BCUT2D eigenvalue weighted by atomic mass is 10.3. The summed E-state index contributed by atoms with van der Waals surface area (Å²) in [7, 11) is 0. The maximum atomic E-state index is 8.99. The number of nitrogens with two attached hydrogens (primary N) is 1. The van der Waals surface area contributed by atoms with E-state index in [4.69, 9.17) is 15.9 Å². The predicted octanol–water partition coefficient (Wildman–Crippen LogP) is -0.293. The number of rotatable bonds is 5. The molecular formula is C11H16N4O2. The first-order valence-corrected chi connectivity index (χ1v) is 5.46. The van der Waals surface area contributed by atoms with Gasteiger partial charge in [0.05, 0.1) is 30.6 Å². The summed E-state index contributed by atoms with van der Waals surface area (Å²) in [5, 5.41) is 22.1. The summed E-state index contributed by atoms with van der Waals surface area (Å²) in [4.78, 5) is 1.90. The highest BCUT2D eigenvalue weighted by molar-refractivity contribution is 5.73. The smallest absolute Gasteiger partial charge is 0.0911 e. The number of aliphatic hydroxyl groups is 2. The van der Waals surface area contributed by atoms with Crippen LogP contribution in [-0.4, -0.2) is 46.1 Å². The number of nitrogen functional groups attached to an aromatic ring is 1. The maximum Gasteiger partial charge on any atom is 0.0911 e. The number of fused-ring (bicyclic) bond motifs is 1. The van der Waals surface area contributed by atoms with Crippen LogP contribution in [0.3, 0.4) is 0 Å². The van der Waals surface area contributed by atoms with Gasteiger partial charge in [0.15, 0.2) is 0 Å². The number of aromatic nitrogens is 2. The first kappa shape index (κ1) is 11.7. The molecule has 2 aromatic heterocycles. The Bertz CT molecular complexity index is 491. The Hall–Kier alpha value is -1.79. The van der Waals surface area contributed by atoms with Gasteiger partial charge >= 0.3 is 0 Å². The number of hydrogen-bond donors (Lipinski definition) is 3. The minimum atomic E-state index is 0.0416. The van der Waals surface area contributed by atoms with Crippen LogP contribution in [-0.2, 0) is 0 Å². The quantitative estimate of drug-likeness (QED) is 0.664. The minimum Gasteiger partial charge on any atom is -0.396 e. The van der Waals surface area contributed by atoms with Gasteiger partial charge in [0.2, 0.25) is 0 Å². The molecular weight excluding hydrogens is 220 g/mol. The van der Waals surface area contributed by atoms with E-state index in [1.807, 2.05) is 23.2 Å². The summed E-state index contributed by atoms with van der Waals surface area (Å²) in [5.74, 6) is 0. The van der Waals surface area contributed by atoms with E-state index >= 15 is 0 Å². The molecule has 0 unspecified atom stereocenters. The van der Waals surface area contributed by atoms with Crippen molar-refractivity contribution in [3.05, 3.63) is 24.5 Å². The Balaban J connectivity index is 2.35. The number of pyridine rings is 1. The number of nitrogens with zero attached hydrogens (tertiary/aromatic N) is 3. The fourth-order valence-corrected chi connectivity index (χ4v) is 1.80. The first-order valence-electron chi connectivity index (χ1n) is 5.46. The maximum absolute atomic E-state index is 8.99. The van der Waals surface area contributed by atoms with Gasteiger partial charge in [-0.05, 0) is 12.1 Å². The summed E-state index contributed by atoms with van der Waals surface area (Å²) in [6, 6.07) is 3.78. The molecule has 0 saturated carbocycles. The van der Waals surface area contributed by atoms with Gasteiger partial charge in [0, 0.05) is 25.0 Å². The van der Waals surface area contributed by atoms with Crippen LogP contribution < -0.4 is 10.6 Å². The summed E-state index contributed by atoms with van der Waals surface area (Å²) < 4.78 is 1.69. The van der Waals surface area contributed by atoms with Gasteiger partial charge < -0.3 is 20.8 Å². The highest BCUT2D eigenvalue weighted by Gasteiger charge is 2.08. The lowest BCUT2D eigenvalue weighted by molar-refractivity contribution is 0.281. The SMILES string of the molecule is Nc1cnn2ccc(N(CCO)CCO)cc12. The highest BCUT2D eigenvalue weighted by atomic mass is 16.3. The Morgan fingerprint density at radius 2 is 2.00 bits per heavy atom. The third-order valence-corrected chi connectivity index (χ3v) is 2.64. The van der Waals surface area contributed by atoms with Crippen molar-refractivity contribution in [2.45, 2.75) is 0 Å². The van der Waals surface area contributed by atoms with E-state index in [2.05, 4.69) is 5.10 Å². The molecule has 2 aromatic rings. The molecule has 0 bridgehead atoms. The Labute approximate surface area is 98.9 Å². The van der Waals surface area contributed by atoms with Gasteiger partial charge in [-0.2, -0.15) is 5.10 Å². The van der Waals surface area contributed by atoms with Crippen LogP contribution in [0.15, 0.2) is 24.5 Å². The zero-order chi connectivity index (χ0) is 12.3. The zero-order valence-electron chi connectivity index (χ0n) is 9.45. The van der Waals surface area contributed by atoms with E-state index in [1.54, 1.807) is 10.7 Å². The van der Waals surface area contributed by atoms with Gasteiger partial charge in [-0.15, -0.1) is 0 Å². The Morgan fingerprint density at radius 1 is 1.29 bits per heavy atom. The first-order chi connectivity index (χ1) is 8.26. The van der Waals surface area contributed by atoms with Gasteiger partial charge in [-0.25, -0.2) is 4.52 Å². The molecule has 2 heterocycles. The van der Waals surface area contributed by atoms with Gasteiger partial charge in [-0.3, -0.25) is 0 Å². The molecule has 0 aromatic carbocycles. The molecule has 6 nitrogen and oxygen atoms in total. The number of anilines is 2. The molecule has 0 aliphatic rings. The van der Waals surface area contributed by atoms with Crippen molar-refractivity contribution in [2.75, 3.05) is 36.9 Å². The van der Waals surface area contributed by atoms with E-state index in [-0.39, 0.29) is 13.2 Å². The predicted molar refractivity (Wildman–Crippen MR) is 66.0 cm³/mol. The van der Waals surface area contributed by atoms with Crippen LogP contribution >= 0.6 is 0 Å². The molecule has 0 fully saturated rings. The zero-order valence-corrected chi connectivity index (χ0v) is 9.45. The second-order valence-electron chi connectivity index (χ2n) is 3.75. The average Bonchev–Trinajstić information content (AvgIpc) is 2.71. The van der Waals surface area contributed by atoms with Crippen LogP contribution in [0.5, 0.6) is 0 Å². The van der Waals surface area contributed by atoms with Gasteiger partial charge in [-0.1, -0.05) is 0 Å². The van der Waals surface area contributed by atoms with E-state index in [1.165, 1.54) is 0 Å². The molecule has 2 rings (SSSR count). The summed E-state index contributed by atoms with van der Waals surface area (Å²) in [6.45, 7) is 1.04. The molecule has 0 aliphatic heterocycles. The van der Waals surface area contributed by atoms with Crippen molar-refractivity contribution in [1.82, 2.24) is 9.61 Å². The standard InChI is InChI=1S/C11H16N4O2/c12-10-8-13-15-2-1-9(7-11(10)15)14(3-5-16)4-6-17/h1-2,7-8,16-17H,3-6,12H2. The molecule has 4 N–H and O–H groups in total. The lowest BCUT2D eigenvalue weighted by Crippen LogP contribution is -2.29. The van der Waals surface area contributed by atoms with E-state index in [9.17, 15) is 0 Å². The van der Waals surface area contributed by atoms with Crippen LogP contribution in [0.25, 0.3) is 5.52 Å².